The number of carbonyl (C=O) groups is 3. The average Bonchev–Trinajstić information content (AvgIpc) is 2.11. The summed E-state index contributed by atoms with van der Waals surface area (Å²) in [6.07, 6.45) is 0.584. The van der Waals surface area contributed by atoms with Crippen molar-refractivity contribution < 1.29 is 19.5 Å². The zero-order valence-electron chi connectivity index (χ0n) is 7.03. The highest BCUT2D eigenvalue weighted by Crippen LogP contribution is 1.99. The van der Waals surface area contributed by atoms with Gasteiger partial charge in [-0.1, -0.05) is 6.92 Å². The molecular formula is C7H10N2O4. The van der Waals surface area contributed by atoms with Gasteiger partial charge in [-0.2, -0.15) is 0 Å². The molecule has 0 aromatic heterocycles. The zero-order chi connectivity index (χ0) is 10.4. The van der Waals surface area contributed by atoms with Crippen LogP contribution in [-0.4, -0.2) is 22.8 Å². The average molecular weight is 186 g/mol. The Morgan fingerprint density at radius 1 is 1.46 bits per heavy atom. The number of nitrogens with two attached hydrogens (primary N) is 1. The molecule has 0 rings (SSSR count). The third-order valence-corrected chi connectivity index (χ3v) is 1.27. The molecule has 0 saturated heterocycles. The minimum absolute atomic E-state index is 0.0481. The molecule has 0 aliphatic carbocycles. The predicted molar refractivity (Wildman–Crippen MR) is 43.3 cm³/mol. The quantitative estimate of drug-likeness (QED) is 0.130. The molecule has 0 bridgehead atoms. The van der Waals surface area contributed by atoms with E-state index in [-0.39, 0.29) is 6.42 Å². The van der Waals surface area contributed by atoms with Crippen LogP contribution in [0.2, 0.25) is 0 Å². The van der Waals surface area contributed by atoms with Crippen LogP contribution in [0.3, 0.4) is 0 Å². The van der Waals surface area contributed by atoms with Gasteiger partial charge in [0.25, 0.3) is 5.91 Å². The fourth-order valence-electron chi connectivity index (χ4n) is 0.664. The molecule has 0 radical (unpaired) electrons. The summed E-state index contributed by atoms with van der Waals surface area (Å²) in [6.45, 7) is 1.52. The van der Waals surface area contributed by atoms with Crippen molar-refractivity contribution in [3.05, 3.63) is 11.6 Å². The number of nitrogens with one attached hydrogen (secondary N) is 1. The summed E-state index contributed by atoms with van der Waals surface area (Å²) in [7, 11) is 0. The number of hydrazine groups is 1. The number of ketones is 1. The Morgan fingerprint density at radius 2 is 2.00 bits per heavy atom. The molecule has 0 aromatic carbocycles. The second-order valence-corrected chi connectivity index (χ2v) is 2.15. The molecule has 0 saturated carbocycles. The first-order chi connectivity index (χ1) is 6.02. The van der Waals surface area contributed by atoms with Gasteiger partial charge in [0.15, 0.2) is 5.78 Å². The van der Waals surface area contributed by atoms with Crippen molar-refractivity contribution in [3.8, 4) is 0 Å². The summed E-state index contributed by atoms with van der Waals surface area (Å²) in [6, 6.07) is 0. The highest BCUT2D eigenvalue weighted by atomic mass is 16.4. The smallest absolute Gasteiger partial charge is 0.329 e. The van der Waals surface area contributed by atoms with Crippen LogP contribution < -0.4 is 11.3 Å². The maximum Gasteiger partial charge on any atom is 0.329 e. The number of aliphatic carboxylic acids is 1. The van der Waals surface area contributed by atoms with Gasteiger partial charge in [0.1, 0.15) is 0 Å². The number of rotatable bonds is 4. The maximum atomic E-state index is 11.0. The van der Waals surface area contributed by atoms with E-state index in [2.05, 4.69) is 0 Å². The van der Waals surface area contributed by atoms with E-state index in [4.69, 9.17) is 10.9 Å². The number of carboxylic acid groups (broad SMARTS) is 1. The second-order valence-electron chi connectivity index (χ2n) is 2.15. The van der Waals surface area contributed by atoms with Gasteiger partial charge in [0.2, 0.25) is 0 Å². The fraction of sp³-hybridized carbons (Fsp3) is 0.286. The summed E-state index contributed by atoms with van der Waals surface area (Å²) in [5.74, 6) is 1.94. The Labute approximate surface area is 74.4 Å². The maximum absolute atomic E-state index is 11.0. The van der Waals surface area contributed by atoms with Gasteiger partial charge in [-0.05, 0) is 0 Å². The van der Waals surface area contributed by atoms with Gasteiger partial charge in [-0.15, -0.1) is 0 Å². The lowest BCUT2D eigenvalue weighted by Crippen LogP contribution is -2.34. The number of Topliss-reactive ketones (excluding diaryl/α,β-unsaturated/α-hetero) is 1. The van der Waals surface area contributed by atoms with Gasteiger partial charge in [-0.25, -0.2) is 10.6 Å². The van der Waals surface area contributed by atoms with E-state index in [0.717, 1.165) is 0 Å². The highest BCUT2D eigenvalue weighted by Gasteiger charge is 2.16. The van der Waals surface area contributed by atoms with E-state index in [1.807, 2.05) is 0 Å². The normalized spacial score (nSPS) is 10.8. The van der Waals surface area contributed by atoms with E-state index < -0.39 is 23.2 Å². The molecule has 72 valence electrons. The predicted octanol–water partition coefficient (Wildman–Crippen LogP) is -1.03. The molecule has 6 heteroatoms. The standard InChI is InChI=1S/C7H10N2O4/c1-2-5(10)4(3-6(11)12)7(13)9-8/h3H,2,8H2,1H3,(H,9,13)(H,11,12)/b4-3-. The van der Waals surface area contributed by atoms with Crippen molar-refractivity contribution >= 4 is 17.7 Å². The number of amides is 1. The number of carboxylic acids is 1. The van der Waals surface area contributed by atoms with Crippen LogP contribution in [0.5, 0.6) is 0 Å². The van der Waals surface area contributed by atoms with Crippen LogP contribution >= 0.6 is 0 Å². The van der Waals surface area contributed by atoms with E-state index in [9.17, 15) is 14.4 Å². The first-order valence-corrected chi connectivity index (χ1v) is 3.51. The molecule has 1 amide bonds. The Kier molecular flexibility index (Phi) is 4.39. The summed E-state index contributed by atoms with van der Waals surface area (Å²) in [5, 5.41) is 8.32. The van der Waals surface area contributed by atoms with E-state index >= 15 is 0 Å². The van der Waals surface area contributed by atoms with Crippen molar-refractivity contribution in [3.63, 3.8) is 0 Å². The summed E-state index contributed by atoms with van der Waals surface area (Å²) >= 11 is 0. The fourth-order valence-corrected chi connectivity index (χ4v) is 0.664. The van der Waals surface area contributed by atoms with Crippen LogP contribution in [0.4, 0.5) is 0 Å². The van der Waals surface area contributed by atoms with Crippen molar-refractivity contribution in [2.45, 2.75) is 13.3 Å². The van der Waals surface area contributed by atoms with Crippen LogP contribution in [0.15, 0.2) is 11.6 Å². The monoisotopic (exact) mass is 186 g/mol. The van der Waals surface area contributed by atoms with Crippen LogP contribution in [0.25, 0.3) is 0 Å². The lowest BCUT2D eigenvalue weighted by Gasteiger charge is -2.00. The minimum atomic E-state index is -1.36. The lowest BCUT2D eigenvalue weighted by atomic mass is 10.1. The van der Waals surface area contributed by atoms with E-state index in [1.54, 1.807) is 5.43 Å². The van der Waals surface area contributed by atoms with Crippen molar-refractivity contribution in [2.24, 2.45) is 5.84 Å². The van der Waals surface area contributed by atoms with Gasteiger partial charge < -0.3 is 5.11 Å². The molecule has 0 unspecified atom stereocenters. The topological polar surface area (TPSA) is 109 Å². The minimum Gasteiger partial charge on any atom is -0.478 e. The number of carbonyl (C=O) groups excluding carboxylic acids is 2. The third kappa shape index (κ3) is 3.48. The molecule has 0 heterocycles. The van der Waals surface area contributed by atoms with E-state index in [1.165, 1.54) is 6.92 Å². The van der Waals surface area contributed by atoms with Crippen molar-refractivity contribution in [1.82, 2.24) is 5.43 Å². The Bertz CT molecular complexity index is 252. The van der Waals surface area contributed by atoms with Crippen molar-refractivity contribution in [2.75, 3.05) is 0 Å². The van der Waals surface area contributed by atoms with Crippen LogP contribution in [-0.2, 0) is 14.4 Å². The summed E-state index contributed by atoms with van der Waals surface area (Å²) < 4.78 is 0. The van der Waals surface area contributed by atoms with Crippen LogP contribution in [0.1, 0.15) is 13.3 Å². The van der Waals surface area contributed by atoms with Crippen LogP contribution in [0, 0.1) is 0 Å². The SMILES string of the molecule is CCC(=O)/C(=C/C(=O)O)C(=O)NN. The first kappa shape index (κ1) is 11.3. The van der Waals surface area contributed by atoms with Gasteiger partial charge >= 0.3 is 5.97 Å². The Hall–Kier alpha value is -1.69. The highest BCUT2D eigenvalue weighted by molar-refractivity contribution is 6.21. The second kappa shape index (κ2) is 5.04. The molecule has 6 nitrogen and oxygen atoms in total. The molecule has 0 aromatic rings. The third-order valence-electron chi connectivity index (χ3n) is 1.27. The molecular weight excluding hydrogens is 176 g/mol. The van der Waals surface area contributed by atoms with E-state index in [0.29, 0.717) is 6.08 Å². The Morgan fingerprint density at radius 3 is 2.31 bits per heavy atom. The first-order valence-electron chi connectivity index (χ1n) is 3.51. The van der Waals surface area contributed by atoms with Crippen molar-refractivity contribution in [1.29, 1.82) is 0 Å². The molecule has 0 fully saturated rings. The van der Waals surface area contributed by atoms with Gasteiger partial charge in [0.05, 0.1) is 5.57 Å². The molecule has 0 aliphatic rings. The summed E-state index contributed by atoms with van der Waals surface area (Å²) in [4.78, 5) is 32.1. The van der Waals surface area contributed by atoms with Gasteiger partial charge in [-0.3, -0.25) is 15.0 Å². The molecule has 13 heavy (non-hydrogen) atoms. The molecule has 0 atom stereocenters. The Balaban J connectivity index is 4.86. The summed E-state index contributed by atoms with van der Waals surface area (Å²) in [5.41, 5.74) is 1.25. The number of hydrogen-bond donors (Lipinski definition) is 3. The molecule has 0 spiro atoms. The zero-order valence-corrected chi connectivity index (χ0v) is 7.03. The number of hydrogen-bond acceptors (Lipinski definition) is 4. The largest absolute Gasteiger partial charge is 0.478 e. The molecule has 4 N–H and O–H groups in total. The van der Waals surface area contributed by atoms with Gasteiger partial charge in [0, 0.05) is 12.5 Å². The lowest BCUT2D eigenvalue weighted by molar-refractivity contribution is -0.132. The molecule has 0 aliphatic heterocycles.